The molecule has 1 atom stereocenters. The fraction of sp³-hybridized carbons (Fsp3) is 0.381. The minimum atomic E-state index is -0.468. The highest BCUT2D eigenvalue weighted by Gasteiger charge is 2.41. The van der Waals surface area contributed by atoms with E-state index in [1.807, 2.05) is 36.4 Å². The maximum absolute atomic E-state index is 13.2. The number of rotatable bonds is 5. The summed E-state index contributed by atoms with van der Waals surface area (Å²) in [6.07, 6.45) is 2.32. The molecule has 0 bridgehead atoms. The molecule has 3 nitrogen and oxygen atoms in total. The van der Waals surface area contributed by atoms with E-state index in [1.165, 1.54) is 5.56 Å². The van der Waals surface area contributed by atoms with Gasteiger partial charge < -0.3 is 10.1 Å². The highest BCUT2D eigenvalue weighted by Crippen LogP contribution is 2.35. The van der Waals surface area contributed by atoms with Gasteiger partial charge in [-0.15, -0.1) is 0 Å². The van der Waals surface area contributed by atoms with Crippen molar-refractivity contribution in [3.8, 4) is 0 Å². The van der Waals surface area contributed by atoms with E-state index in [0.29, 0.717) is 13.2 Å². The van der Waals surface area contributed by atoms with E-state index in [9.17, 15) is 4.79 Å². The summed E-state index contributed by atoms with van der Waals surface area (Å²) in [6, 6.07) is 20.5. The van der Waals surface area contributed by atoms with Gasteiger partial charge in [-0.25, -0.2) is 0 Å². The van der Waals surface area contributed by atoms with Crippen LogP contribution in [-0.2, 0) is 21.4 Å². The second-order valence-corrected chi connectivity index (χ2v) is 6.62. The maximum atomic E-state index is 13.2. The normalized spacial score (nSPS) is 17.9. The molecule has 1 fully saturated rings. The van der Waals surface area contributed by atoms with Crippen molar-refractivity contribution in [2.75, 3.05) is 13.2 Å². The number of nitrogens with one attached hydrogen (secondary N) is 1. The lowest BCUT2D eigenvalue weighted by molar-refractivity contribution is -0.131. The van der Waals surface area contributed by atoms with Crippen molar-refractivity contribution in [2.24, 2.45) is 0 Å². The monoisotopic (exact) mass is 323 g/mol. The molecule has 1 aliphatic rings. The Morgan fingerprint density at radius 1 is 1.04 bits per heavy atom. The molecule has 0 unspecified atom stereocenters. The van der Waals surface area contributed by atoms with Gasteiger partial charge in [-0.1, -0.05) is 60.7 Å². The van der Waals surface area contributed by atoms with Gasteiger partial charge in [0.15, 0.2) is 0 Å². The van der Waals surface area contributed by atoms with Crippen LogP contribution in [0.1, 0.15) is 30.9 Å². The zero-order valence-electron chi connectivity index (χ0n) is 14.2. The number of benzene rings is 2. The average molecular weight is 323 g/mol. The first-order valence-electron chi connectivity index (χ1n) is 8.69. The summed E-state index contributed by atoms with van der Waals surface area (Å²) in [5.41, 5.74) is 1.87. The number of hydrogen-bond donors (Lipinski definition) is 1. The molecule has 1 heterocycles. The molecule has 0 saturated carbocycles. The fourth-order valence-electron chi connectivity index (χ4n) is 3.50. The summed E-state index contributed by atoms with van der Waals surface area (Å²) in [5, 5.41) is 3.24. The molecule has 0 radical (unpaired) electrons. The molecule has 3 rings (SSSR count). The summed E-state index contributed by atoms with van der Waals surface area (Å²) in [4.78, 5) is 13.2. The first kappa shape index (κ1) is 16.7. The summed E-state index contributed by atoms with van der Waals surface area (Å²) in [7, 11) is 0. The molecule has 24 heavy (non-hydrogen) atoms. The van der Waals surface area contributed by atoms with Crippen molar-refractivity contribution in [3.63, 3.8) is 0 Å². The number of ether oxygens (including phenoxy) is 1. The van der Waals surface area contributed by atoms with Crippen molar-refractivity contribution in [2.45, 2.75) is 37.6 Å². The van der Waals surface area contributed by atoms with E-state index in [1.54, 1.807) is 0 Å². The molecule has 0 spiro atoms. The fourth-order valence-corrected chi connectivity index (χ4v) is 3.50. The van der Waals surface area contributed by atoms with E-state index >= 15 is 0 Å². The maximum Gasteiger partial charge on any atom is 0.231 e. The van der Waals surface area contributed by atoms with Gasteiger partial charge in [0.2, 0.25) is 5.91 Å². The van der Waals surface area contributed by atoms with Gasteiger partial charge in [-0.2, -0.15) is 0 Å². The molecule has 0 aromatic heterocycles. The lowest BCUT2D eigenvalue weighted by atomic mass is 9.73. The quantitative estimate of drug-likeness (QED) is 0.915. The zero-order valence-corrected chi connectivity index (χ0v) is 14.2. The van der Waals surface area contributed by atoms with Gasteiger partial charge >= 0.3 is 0 Å². The van der Waals surface area contributed by atoms with Gasteiger partial charge in [0.05, 0.1) is 5.41 Å². The predicted octanol–water partition coefficient (Wildman–Crippen LogP) is 3.48. The van der Waals surface area contributed by atoms with Gasteiger partial charge in [0.1, 0.15) is 0 Å². The molecular formula is C21H25NO2. The van der Waals surface area contributed by atoms with Crippen LogP contribution in [0.4, 0.5) is 0 Å². The average Bonchev–Trinajstić information content (AvgIpc) is 2.63. The first-order valence-corrected chi connectivity index (χ1v) is 8.69. The van der Waals surface area contributed by atoms with E-state index < -0.39 is 5.41 Å². The minimum absolute atomic E-state index is 0.100. The molecule has 0 aliphatic carbocycles. The third-order valence-corrected chi connectivity index (χ3v) is 4.87. The van der Waals surface area contributed by atoms with E-state index in [-0.39, 0.29) is 11.9 Å². The van der Waals surface area contributed by atoms with Crippen LogP contribution in [0.3, 0.4) is 0 Å². The largest absolute Gasteiger partial charge is 0.381 e. The summed E-state index contributed by atoms with van der Waals surface area (Å²) in [5.74, 6) is 0.125. The van der Waals surface area contributed by atoms with Crippen LogP contribution in [0.5, 0.6) is 0 Å². The summed E-state index contributed by atoms with van der Waals surface area (Å²) < 4.78 is 5.52. The van der Waals surface area contributed by atoms with Crippen molar-refractivity contribution in [3.05, 3.63) is 71.8 Å². The third kappa shape index (κ3) is 3.68. The lowest BCUT2D eigenvalue weighted by Gasteiger charge is -2.37. The molecule has 3 heteroatoms. The van der Waals surface area contributed by atoms with Crippen LogP contribution in [0.2, 0.25) is 0 Å². The smallest absolute Gasteiger partial charge is 0.231 e. The topological polar surface area (TPSA) is 38.3 Å². The van der Waals surface area contributed by atoms with Crippen LogP contribution in [0, 0.1) is 0 Å². The molecule has 1 aliphatic heterocycles. The Morgan fingerprint density at radius 2 is 1.62 bits per heavy atom. The van der Waals surface area contributed by atoms with Crippen molar-refractivity contribution in [1.29, 1.82) is 0 Å². The standard InChI is InChI=1S/C21H25NO2/c1-17(16-18-8-4-2-5-9-18)22-20(23)21(12-14-24-15-13-21)19-10-6-3-7-11-19/h2-11,17H,12-16H2,1H3,(H,22,23)/t17-/m0/s1. The van der Waals surface area contributed by atoms with Crippen LogP contribution in [0.15, 0.2) is 60.7 Å². The number of carbonyl (C=O) groups excluding carboxylic acids is 1. The van der Waals surface area contributed by atoms with Crippen molar-refractivity contribution < 1.29 is 9.53 Å². The highest BCUT2D eigenvalue weighted by molar-refractivity contribution is 5.88. The lowest BCUT2D eigenvalue weighted by Crippen LogP contribution is -2.50. The molecule has 1 amide bonds. The Balaban J connectivity index is 1.74. The minimum Gasteiger partial charge on any atom is -0.381 e. The molecule has 2 aromatic rings. The Kier molecular flexibility index (Phi) is 5.31. The van der Waals surface area contributed by atoms with Crippen LogP contribution in [-0.4, -0.2) is 25.2 Å². The molecule has 126 valence electrons. The predicted molar refractivity (Wildman–Crippen MR) is 95.9 cm³/mol. The molecule has 1 saturated heterocycles. The summed E-state index contributed by atoms with van der Waals surface area (Å²) >= 11 is 0. The number of carbonyl (C=O) groups is 1. The molecular weight excluding hydrogens is 298 g/mol. The van der Waals surface area contributed by atoms with Crippen LogP contribution in [0.25, 0.3) is 0 Å². The van der Waals surface area contributed by atoms with E-state index in [4.69, 9.17) is 4.74 Å². The van der Waals surface area contributed by atoms with Gasteiger partial charge in [0, 0.05) is 19.3 Å². The second-order valence-electron chi connectivity index (χ2n) is 6.62. The van der Waals surface area contributed by atoms with Crippen LogP contribution < -0.4 is 5.32 Å². The number of hydrogen-bond acceptors (Lipinski definition) is 2. The SMILES string of the molecule is C[C@@H](Cc1ccccc1)NC(=O)C1(c2ccccc2)CCOCC1. The van der Waals surface area contributed by atoms with Crippen molar-refractivity contribution in [1.82, 2.24) is 5.32 Å². The van der Waals surface area contributed by atoms with Gasteiger partial charge in [0.25, 0.3) is 0 Å². The third-order valence-electron chi connectivity index (χ3n) is 4.87. The van der Waals surface area contributed by atoms with Crippen LogP contribution >= 0.6 is 0 Å². The van der Waals surface area contributed by atoms with E-state index in [0.717, 1.165) is 24.8 Å². The van der Waals surface area contributed by atoms with Gasteiger partial charge in [-0.3, -0.25) is 4.79 Å². The van der Waals surface area contributed by atoms with Crippen molar-refractivity contribution >= 4 is 5.91 Å². The van der Waals surface area contributed by atoms with E-state index in [2.05, 4.69) is 36.5 Å². The second kappa shape index (κ2) is 7.63. The molecule has 1 N–H and O–H groups in total. The molecule has 2 aromatic carbocycles. The summed E-state index contributed by atoms with van der Waals surface area (Å²) in [6.45, 7) is 3.34. The first-order chi connectivity index (χ1) is 11.7. The highest BCUT2D eigenvalue weighted by atomic mass is 16.5. The Labute approximate surface area is 144 Å². The zero-order chi connectivity index (χ0) is 16.8. The number of amides is 1. The van der Waals surface area contributed by atoms with Gasteiger partial charge in [-0.05, 0) is 37.3 Å². The Hall–Kier alpha value is -2.13. The Bertz CT molecular complexity index is 648. The Morgan fingerprint density at radius 3 is 2.25 bits per heavy atom.